The minimum atomic E-state index is -0.991. The molecule has 0 amide bonds. The number of likely N-dealkylation sites (tertiary alicyclic amines) is 1. The predicted molar refractivity (Wildman–Crippen MR) is 73.0 cm³/mol. The number of hydrogen-bond donors (Lipinski definition) is 1. The van der Waals surface area contributed by atoms with Crippen LogP contribution in [0.4, 0.5) is 0 Å². The van der Waals surface area contributed by atoms with Gasteiger partial charge in [-0.2, -0.15) is 0 Å². The van der Waals surface area contributed by atoms with Crippen LogP contribution in [0.1, 0.15) is 18.9 Å². The third kappa shape index (κ3) is 2.54. The average Bonchev–Trinajstić information content (AvgIpc) is 2.77. The van der Waals surface area contributed by atoms with Crippen molar-refractivity contribution >= 4 is 11.9 Å². The second kappa shape index (κ2) is 5.63. The Morgan fingerprint density at radius 3 is 2.60 bits per heavy atom. The summed E-state index contributed by atoms with van der Waals surface area (Å²) < 4.78 is 4.79. The van der Waals surface area contributed by atoms with Gasteiger partial charge in [0.25, 0.3) is 0 Å². The summed E-state index contributed by atoms with van der Waals surface area (Å²) in [7, 11) is 1.30. The number of carbonyl (C=O) groups is 2. The summed E-state index contributed by atoms with van der Waals surface area (Å²) in [6.07, 6.45) is 0.490. The molecule has 1 aliphatic heterocycles. The molecule has 0 aliphatic carbocycles. The van der Waals surface area contributed by atoms with Gasteiger partial charge in [0.05, 0.1) is 12.5 Å². The van der Waals surface area contributed by atoms with Crippen LogP contribution >= 0.6 is 0 Å². The van der Waals surface area contributed by atoms with E-state index >= 15 is 0 Å². The van der Waals surface area contributed by atoms with Gasteiger partial charge in [-0.1, -0.05) is 30.3 Å². The molecule has 5 heteroatoms. The van der Waals surface area contributed by atoms with E-state index in [1.165, 1.54) is 7.11 Å². The number of carbonyl (C=O) groups excluding carboxylic acids is 1. The molecule has 0 radical (unpaired) electrons. The Hall–Kier alpha value is -1.88. The van der Waals surface area contributed by atoms with Crippen molar-refractivity contribution in [3.05, 3.63) is 35.9 Å². The summed E-state index contributed by atoms with van der Waals surface area (Å²) in [5.41, 5.74) is 0.0444. The molecule has 1 N–H and O–H groups in total. The molecule has 5 nitrogen and oxygen atoms in total. The third-order valence-electron chi connectivity index (χ3n) is 4.00. The number of nitrogens with zero attached hydrogens (tertiary/aromatic N) is 1. The quantitative estimate of drug-likeness (QED) is 0.845. The molecule has 0 saturated carbocycles. The highest BCUT2D eigenvalue weighted by Crippen LogP contribution is 2.38. The Labute approximate surface area is 118 Å². The summed E-state index contributed by atoms with van der Waals surface area (Å²) in [5.74, 6) is -1.44. The van der Waals surface area contributed by atoms with Crippen LogP contribution in [-0.2, 0) is 20.9 Å². The van der Waals surface area contributed by atoms with Crippen molar-refractivity contribution < 1.29 is 19.4 Å². The number of ether oxygens (including phenoxy) is 1. The van der Waals surface area contributed by atoms with E-state index < -0.39 is 23.4 Å². The second-order valence-electron chi connectivity index (χ2n) is 5.36. The maximum atomic E-state index is 11.9. The van der Waals surface area contributed by atoms with Crippen molar-refractivity contribution in [3.63, 3.8) is 0 Å². The van der Waals surface area contributed by atoms with Gasteiger partial charge >= 0.3 is 11.9 Å². The van der Waals surface area contributed by atoms with E-state index in [4.69, 9.17) is 4.74 Å². The van der Waals surface area contributed by atoms with Crippen LogP contribution in [0.2, 0.25) is 0 Å². The van der Waals surface area contributed by atoms with Crippen molar-refractivity contribution in [2.45, 2.75) is 25.9 Å². The number of benzene rings is 1. The maximum absolute atomic E-state index is 11.9. The normalized spacial score (nSPS) is 26.4. The Balaban J connectivity index is 2.23. The first-order valence-electron chi connectivity index (χ1n) is 6.58. The summed E-state index contributed by atoms with van der Waals surface area (Å²) in [6, 6.07) is 8.80. The fourth-order valence-electron chi connectivity index (χ4n) is 2.91. The largest absolute Gasteiger partial charge is 0.480 e. The highest BCUT2D eigenvalue weighted by molar-refractivity contribution is 5.87. The van der Waals surface area contributed by atoms with Crippen LogP contribution in [-0.4, -0.2) is 41.6 Å². The Morgan fingerprint density at radius 1 is 1.40 bits per heavy atom. The zero-order valence-corrected chi connectivity index (χ0v) is 11.7. The molecule has 2 rings (SSSR count). The molecule has 1 unspecified atom stereocenters. The summed E-state index contributed by atoms with van der Waals surface area (Å²) in [5, 5.41) is 9.49. The van der Waals surface area contributed by atoms with E-state index in [1.54, 1.807) is 6.92 Å². The van der Waals surface area contributed by atoms with E-state index in [-0.39, 0.29) is 0 Å². The van der Waals surface area contributed by atoms with Gasteiger partial charge in [0.15, 0.2) is 0 Å². The Morgan fingerprint density at radius 2 is 2.05 bits per heavy atom. The third-order valence-corrected chi connectivity index (χ3v) is 4.00. The van der Waals surface area contributed by atoms with Crippen molar-refractivity contribution in [1.82, 2.24) is 4.90 Å². The van der Waals surface area contributed by atoms with Crippen molar-refractivity contribution in [2.24, 2.45) is 5.41 Å². The van der Waals surface area contributed by atoms with Crippen LogP contribution in [0.25, 0.3) is 0 Å². The van der Waals surface area contributed by atoms with E-state index in [0.717, 1.165) is 5.56 Å². The Kier molecular flexibility index (Phi) is 4.09. The highest BCUT2D eigenvalue weighted by Gasteiger charge is 2.53. The molecule has 1 aromatic carbocycles. The molecule has 20 heavy (non-hydrogen) atoms. The molecule has 1 fully saturated rings. The standard InChI is InChI=1S/C15H19NO4/c1-15(14(19)20-2)8-9-16(12(15)13(17)18)10-11-6-4-3-5-7-11/h3-7,12H,8-10H2,1-2H3,(H,17,18)/t12-,15?/m1/s1. The van der Waals surface area contributed by atoms with E-state index in [2.05, 4.69) is 0 Å². The molecule has 0 aromatic heterocycles. The number of aliphatic carboxylic acids is 1. The fraction of sp³-hybridized carbons (Fsp3) is 0.467. The monoisotopic (exact) mass is 277 g/mol. The molecule has 0 bridgehead atoms. The van der Waals surface area contributed by atoms with Gasteiger partial charge < -0.3 is 9.84 Å². The van der Waals surface area contributed by atoms with Crippen molar-refractivity contribution in [2.75, 3.05) is 13.7 Å². The van der Waals surface area contributed by atoms with Crippen LogP contribution in [0.5, 0.6) is 0 Å². The molecule has 1 aliphatic rings. The molecule has 108 valence electrons. The van der Waals surface area contributed by atoms with Gasteiger partial charge in [0.1, 0.15) is 6.04 Å². The van der Waals surface area contributed by atoms with Crippen molar-refractivity contribution in [1.29, 1.82) is 0 Å². The van der Waals surface area contributed by atoms with Gasteiger partial charge in [-0.15, -0.1) is 0 Å². The molecule has 1 heterocycles. The summed E-state index contributed by atoms with van der Waals surface area (Å²) in [6.45, 7) is 2.75. The summed E-state index contributed by atoms with van der Waals surface area (Å²) >= 11 is 0. The smallest absolute Gasteiger partial charge is 0.322 e. The number of methoxy groups -OCH3 is 1. The minimum absolute atomic E-state index is 0.458. The lowest BCUT2D eigenvalue weighted by Crippen LogP contribution is -2.48. The molecule has 1 aromatic rings. The molecule has 1 saturated heterocycles. The summed E-state index contributed by atoms with van der Waals surface area (Å²) in [4.78, 5) is 25.4. The number of rotatable bonds is 4. The predicted octanol–water partition coefficient (Wildman–Crippen LogP) is 1.52. The van der Waals surface area contributed by atoms with Crippen LogP contribution in [0.3, 0.4) is 0 Å². The molecule has 2 atom stereocenters. The van der Waals surface area contributed by atoms with Crippen LogP contribution in [0.15, 0.2) is 30.3 Å². The molecule has 0 spiro atoms. The van der Waals surface area contributed by atoms with E-state index in [9.17, 15) is 14.7 Å². The van der Waals surface area contributed by atoms with Crippen molar-refractivity contribution in [3.8, 4) is 0 Å². The van der Waals surface area contributed by atoms with Gasteiger partial charge in [0.2, 0.25) is 0 Å². The number of esters is 1. The number of carboxylic acid groups (broad SMARTS) is 1. The van der Waals surface area contributed by atoms with Gasteiger partial charge in [-0.25, -0.2) is 0 Å². The lowest BCUT2D eigenvalue weighted by atomic mass is 9.82. The molecular weight excluding hydrogens is 258 g/mol. The number of carboxylic acids is 1. The highest BCUT2D eigenvalue weighted by atomic mass is 16.5. The topological polar surface area (TPSA) is 66.8 Å². The zero-order valence-electron chi connectivity index (χ0n) is 11.7. The Bertz CT molecular complexity index is 502. The van der Waals surface area contributed by atoms with Gasteiger partial charge in [-0.3, -0.25) is 14.5 Å². The molecular formula is C15H19NO4. The van der Waals surface area contributed by atoms with Gasteiger partial charge in [-0.05, 0) is 18.9 Å². The first-order valence-corrected chi connectivity index (χ1v) is 6.58. The lowest BCUT2D eigenvalue weighted by Gasteiger charge is -2.29. The SMILES string of the molecule is COC(=O)C1(C)CCN(Cc2ccccc2)[C@@H]1C(=O)O. The second-order valence-corrected chi connectivity index (χ2v) is 5.36. The number of hydrogen-bond acceptors (Lipinski definition) is 4. The van der Waals surface area contributed by atoms with Gasteiger partial charge in [0, 0.05) is 13.1 Å². The van der Waals surface area contributed by atoms with Crippen LogP contribution in [0, 0.1) is 5.41 Å². The zero-order chi connectivity index (χ0) is 14.8. The van der Waals surface area contributed by atoms with Crippen LogP contribution < -0.4 is 0 Å². The average molecular weight is 277 g/mol. The lowest BCUT2D eigenvalue weighted by molar-refractivity contribution is -0.161. The first kappa shape index (κ1) is 14.5. The first-order chi connectivity index (χ1) is 9.49. The van der Waals surface area contributed by atoms with E-state index in [0.29, 0.717) is 19.5 Å². The minimum Gasteiger partial charge on any atom is -0.480 e. The van der Waals surface area contributed by atoms with E-state index in [1.807, 2.05) is 35.2 Å². The fourth-order valence-corrected chi connectivity index (χ4v) is 2.91. The maximum Gasteiger partial charge on any atom is 0.322 e.